The average Bonchev–Trinajstić information content (AvgIpc) is 3.10. The fraction of sp³-hybridized carbons (Fsp3) is 0.611. The number of morpholine rings is 1. The standard InChI is InChI=1S/C18H27N3O2.2ClH/c1-14-3-2-4-15(11-14)17(21-7-9-23-10-8-21)13-20-18(22)16-5-6-19-12-16;;/h2-4,11,16-17,19H,5-10,12-13H2,1H3,(H,20,22);2*1H. The van der Waals surface area contributed by atoms with Crippen LogP contribution in [0.5, 0.6) is 0 Å². The maximum absolute atomic E-state index is 12.3. The second kappa shape index (κ2) is 11.0. The lowest BCUT2D eigenvalue weighted by Crippen LogP contribution is -2.45. The Morgan fingerprint density at radius 1 is 1.36 bits per heavy atom. The first-order chi connectivity index (χ1) is 11.2. The van der Waals surface area contributed by atoms with Crippen LogP contribution < -0.4 is 10.6 Å². The molecule has 0 radical (unpaired) electrons. The van der Waals surface area contributed by atoms with E-state index in [-0.39, 0.29) is 42.7 Å². The number of amides is 1. The molecule has 2 fully saturated rings. The summed E-state index contributed by atoms with van der Waals surface area (Å²) in [5, 5.41) is 6.43. The van der Waals surface area contributed by atoms with Gasteiger partial charge in [0, 0.05) is 26.2 Å². The van der Waals surface area contributed by atoms with Crippen molar-refractivity contribution in [1.82, 2.24) is 15.5 Å². The number of hydrogen-bond donors (Lipinski definition) is 2. The second-order valence-electron chi connectivity index (χ2n) is 6.51. The molecule has 0 saturated carbocycles. The Morgan fingerprint density at radius 3 is 2.76 bits per heavy atom. The van der Waals surface area contributed by atoms with Crippen molar-refractivity contribution in [3.05, 3.63) is 35.4 Å². The SMILES string of the molecule is Cc1cccc(C(CNC(=O)C2CCNC2)N2CCOCC2)c1.Cl.Cl. The summed E-state index contributed by atoms with van der Waals surface area (Å²) in [5.74, 6) is 0.304. The number of ether oxygens (including phenoxy) is 1. The van der Waals surface area contributed by atoms with Crippen molar-refractivity contribution in [3.63, 3.8) is 0 Å². The van der Waals surface area contributed by atoms with Crippen LogP contribution in [-0.2, 0) is 9.53 Å². The highest BCUT2D eigenvalue weighted by Crippen LogP contribution is 2.22. The molecule has 5 nitrogen and oxygen atoms in total. The van der Waals surface area contributed by atoms with Gasteiger partial charge >= 0.3 is 0 Å². The highest BCUT2D eigenvalue weighted by atomic mass is 35.5. The van der Waals surface area contributed by atoms with Crippen molar-refractivity contribution in [2.45, 2.75) is 19.4 Å². The topological polar surface area (TPSA) is 53.6 Å². The van der Waals surface area contributed by atoms with Crippen LogP contribution in [0.4, 0.5) is 0 Å². The van der Waals surface area contributed by atoms with E-state index in [2.05, 4.69) is 46.7 Å². The van der Waals surface area contributed by atoms with E-state index in [1.54, 1.807) is 0 Å². The predicted octanol–water partition coefficient (Wildman–Crippen LogP) is 1.94. The van der Waals surface area contributed by atoms with Gasteiger partial charge in [-0.05, 0) is 25.5 Å². The van der Waals surface area contributed by atoms with Crippen LogP contribution in [0.1, 0.15) is 23.6 Å². The molecule has 3 rings (SSSR count). The summed E-state index contributed by atoms with van der Waals surface area (Å²) in [5.41, 5.74) is 2.53. The smallest absolute Gasteiger partial charge is 0.224 e. The zero-order valence-corrected chi connectivity index (χ0v) is 16.3. The van der Waals surface area contributed by atoms with Crippen molar-refractivity contribution >= 4 is 30.7 Å². The summed E-state index contributed by atoms with van der Waals surface area (Å²) in [7, 11) is 0. The van der Waals surface area contributed by atoms with Crippen LogP contribution in [0.3, 0.4) is 0 Å². The third-order valence-corrected chi connectivity index (χ3v) is 4.81. The highest BCUT2D eigenvalue weighted by Gasteiger charge is 2.26. The number of rotatable bonds is 5. The summed E-state index contributed by atoms with van der Waals surface area (Å²) in [6.45, 7) is 7.90. The quantitative estimate of drug-likeness (QED) is 0.807. The molecule has 7 heteroatoms. The fourth-order valence-corrected chi connectivity index (χ4v) is 3.44. The molecular weight excluding hydrogens is 361 g/mol. The van der Waals surface area contributed by atoms with Gasteiger partial charge in [-0.15, -0.1) is 24.8 Å². The van der Waals surface area contributed by atoms with Crippen LogP contribution in [-0.4, -0.2) is 56.7 Å². The molecule has 25 heavy (non-hydrogen) atoms. The lowest BCUT2D eigenvalue weighted by molar-refractivity contribution is -0.124. The van der Waals surface area contributed by atoms with E-state index >= 15 is 0 Å². The third-order valence-electron chi connectivity index (χ3n) is 4.81. The average molecular weight is 390 g/mol. The molecule has 1 amide bonds. The van der Waals surface area contributed by atoms with Crippen molar-refractivity contribution in [2.24, 2.45) is 5.92 Å². The van der Waals surface area contributed by atoms with E-state index in [0.29, 0.717) is 6.54 Å². The molecule has 2 atom stereocenters. The number of carbonyl (C=O) groups is 1. The Bertz CT molecular complexity index is 533. The number of benzene rings is 1. The second-order valence-corrected chi connectivity index (χ2v) is 6.51. The first kappa shape index (κ1) is 22.2. The van der Waals surface area contributed by atoms with Gasteiger partial charge in [-0.2, -0.15) is 0 Å². The molecule has 2 unspecified atom stereocenters. The maximum atomic E-state index is 12.3. The number of carbonyl (C=O) groups excluding carboxylic acids is 1. The van der Waals surface area contributed by atoms with Gasteiger partial charge in [-0.25, -0.2) is 0 Å². The molecule has 0 spiro atoms. The van der Waals surface area contributed by atoms with E-state index in [1.165, 1.54) is 11.1 Å². The number of aryl methyl sites for hydroxylation is 1. The van der Waals surface area contributed by atoms with Crippen LogP contribution in [0.25, 0.3) is 0 Å². The van der Waals surface area contributed by atoms with Crippen LogP contribution in [0, 0.1) is 12.8 Å². The number of halogens is 2. The summed E-state index contributed by atoms with van der Waals surface area (Å²) in [6.07, 6.45) is 0.943. The van der Waals surface area contributed by atoms with Gasteiger partial charge in [-0.3, -0.25) is 9.69 Å². The Balaban J connectivity index is 0.00000156. The fourth-order valence-electron chi connectivity index (χ4n) is 3.44. The molecule has 2 N–H and O–H groups in total. The van der Waals surface area contributed by atoms with E-state index in [1.807, 2.05) is 0 Å². The Labute approximate surface area is 162 Å². The molecule has 142 valence electrons. The van der Waals surface area contributed by atoms with Crippen molar-refractivity contribution in [1.29, 1.82) is 0 Å². The van der Waals surface area contributed by atoms with Crippen LogP contribution in [0.2, 0.25) is 0 Å². The highest BCUT2D eigenvalue weighted by molar-refractivity contribution is 5.85. The lowest BCUT2D eigenvalue weighted by Gasteiger charge is -2.35. The number of nitrogens with one attached hydrogen (secondary N) is 2. The van der Waals surface area contributed by atoms with E-state index in [9.17, 15) is 4.79 Å². The minimum absolute atomic E-state index is 0. The molecule has 0 aliphatic carbocycles. The van der Waals surface area contributed by atoms with Gasteiger partial charge < -0.3 is 15.4 Å². The molecule has 2 saturated heterocycles. The number of hydrogen-bond acceptors (Lipinski definition) is 4. The minimum atomic E-state index is 0. The third kappa shape index (κ3) is 6.12. The summed E-state index contributed by atoms with van der Waals surface area (Å²) in [4.78, 5) is 14.8. The molecule has 1 aromatic carbocycles. The first-order valence-corrected chi connectivity index (χ1v) is 8.61. The number of nitrogens with zero attached hydrogens (tertiary/aromatic N) is 1. The van der Waals surface area contributed by atoms with E-state index in [4.69, 9.17) is 4.74 Å². The molecule has 0 aromatic heterocycles. The Hall–Kier alpha value is -0.850. The molecule has 2 aliphatic rings. The van der Waals surface area contributed by atoms with Gasteiger partial charge in [0.2, 0.25) is 5.91 Å². The van der Waals surface area contributed by atoms with Crippen LogP contribution in [0.15, 0.2) is 24.3 Å². The minimum Gasteiger partial charge on any atom is -0.379 e. The van der Waals surface area contributed by atoms with Crippen molar-refractivity contribution in [3.8, 4) is 0 Å². The first-order valence-electron chi connectivity index (χ1n) is 8.61. The molecule has 1 aromatic rings. The normalized spacial score (nSPS) is 21.7. The summed E-state index contributed by atoms with van der Waals surface area (Å²) < 4.78 is 5.48. The van der Waals surface area contributed by atoms with E-state index in [0.717, 1.165) is 45.8 Å². The van der Waals surface area contributed by atoms with Crippen molar-refractivity contribution < 1.29 is 9.53 Å². The van der Waals surface area contributed by atoms with E-state index < -0.39 is 0 Å². The van der Waals surface area contributed by atoms with Gasteiger partial charge in [0.15, 0.2) is 0 Å². The Morgan fingerprint density at radius 2 is 2.12 bits per heavy atom. The summed E-state index contributed by atoms with van der Waals surface area (Å²) >= 11 is 0. The van der Waals surface area contributed by atoms with Gasteiger partial charge in [0.1, 0.15) is 0 Å². The zero-order chi connectivity index (χ0) is 16.1. The zero-order valence-electron chi connectivity index (χ0n) is 14.7. The molecule has 2 heterocycles. The monoisotopic (exact) mass is 389 g/mol. The van der Waals surface area contributed by atoms with Gasteiger partial charge in [0.05, 0.1) is 25.2 Å². The lowest BCUT2D eigenvalue weighted by atomic mass is 10.0. The van der Waals surface area contributed by atoms with Gasteiger partial charge in [-0.1, -0.05) is 29.8 Å². The largest absolute Gasteiger partial charge is 0.379 e. The molecule has 0 bridgehead atoms. The summed E-state index contributed by atoms with van der Waals surface area (Å²) in [6, 6.07) is 8.82. The molecule has 2 aliphatic heterocycles. The van der Waals surface area contributed by atoms with Crippen molar-refractivity contribution in [2.75, 3.05) is 45.9 Å². The Kier molecular flexibility index (Phi) is 9.75. The van der Waals surface area contributed by atoms with Crippen LogP contribution >= 0.6 is 24.8 Å². The molecular formula is C18H29Cl2N3O2. The maximum Gasteiger partial charge on any atom is 0.224 e. The van der Waals surface area contributed by atoms with Gasteiger partial charge in [0.25, 0.3) is 0 Å². The predicted molar refractivity (Wildman–Crippen MR) is 105 cm³/mol.